The predicted octanol–water partition coefficient (Wildman–Crippen LogP) is 15.5. The summed E-state index contributed by atoms with van der Waals surface area (Å²) in [5, 5.41) is 6.57. The highest BCUT2D eigenvalue weighted by Crippen LogP contribution is 2.41. The van der Waals surface area contributed by atoms with Gasteiger partial charge in [-0.2, -0.15) is 11.8 Å². The van der Waals surface area contributed by atoms with Gasteiger partial charge in [-0.15, -0.1) is 0 Å². The summed E-state index contributed by atoms with van der Waals surface area (Å²) in [6, 6.07) is 48.3. The number of methoxy groups -OCH3 is 7. The molecule has 7 aliphatic rings. The van der Waals surface area contributed by atoms with E-state index >= 15 is 0 Å². The molecule has 22 rings (SSSR count). The van der Waals surface area contributed by atoms with Crippen LogP contribution in [0.25, 0.3) is 76.3 Å². The number of pyridine rings is 7. The number of carbonyl (C=O) groups is 7. The number of hydrogen-bond donors (Lipinski definition) is 7. The minimum Gasteiger partial charge on any atom is -0.465 e. The molecular formula is C107H101N7O22S. The third-order valence-corrected chi connectivity index (χ3v) is 27.5. The molecule has 7 aromatic heterocycles. The number of H-pyrrole nitrogens is 7. The van der Waals surface area contributed by atoms with Crippen molar-refractivity contribution in [3.8, 4) is 0 Å². The number of fused-ring (bicyclic) bond motifs is 21. The minimum atomic E-state index is -0.463. The van der Waals surface area contributed by atoms with E-state index in [0.29, 0.717) is 108 Å². The third-order valence-electron chi connectivity index (χ3n) is 26.5. The van der Waals surface area contributed by atoms with E-state index in [1.165, 1.54) is 55.3 Å². The average Bonchev–Trinajstić information content (AvgIpc) is 1.64. The Morgan fingerprint density at radius 2 is 0.562 bits per heavy atom. The molecule has 702 valence electrons. The van der Waals surface area contributed by atoms with Crippen LogP contribution in [-0.2, 0) is 127 Å². The van der Waals surface area contributed by atoms with E-state index in [1.807, 2.05) is 97.1 Å². The first kappa shape index (κ1) is 95.0. The van der Waals surface area contributed by atoms with E-state index in [9.17, 15) is 67.1 Å². The fraction of sp³-hybridized carbons (Fsp3) is 0.290. The first-order chi connectivity index (χ1) is 66.1. The first-order valence-electron chi connectivity index (χ1n) is 45.1. The molecule has 0 amide bonds. The molecule has 0 saturated carbocycles. The molecule has 30 heteroatoms. The molecule has 2 atom stereocenters. The Balaban J connectivity index is 0.000000116. The summed E-state index contributed by atoms with van der Waals surface area (Å²) < 4.78 is 38.7. The maximum atomic E-state index is 12.6. The van der Waals surface area contributed by atoms with Gasteiger partial charge in [0.05, 0.1) is 141 Å². The van der Waals surface area contributed by atoms with Gasteiger partial charge in [0, 0.05) is 88.2 Å². The summed E-state index contributed by atoms with van der Waals surface area (Å²) in [6.45, 7) is 7.17. The molecule has 0 unspecified atom stereocenters. The number of benzene rings is 8. The van der Waals surface area contributed by atoms with Gasteiger partial charge in [-0.05, 0) is 188 Å². The van der Waals surface area contributed by atoms with Crippen LogP contribution in [0.3, 0.4) is 0 Å². The van der Waals surface area contributed by atoms with Gasteiger partial charge in [0.2, 0.25) is 0 Å². The lowest BCUT2D eigenvalue weighted by Crippen LogP contribution is -2.17. The van der Waals surface area contributed by atoms with Crippen LogP contribution in [0, 0.1) is 11.3 Å². The van der Waals surface area contributed by atoms with Gasteiger partial charge in [0.15, 0.2) is 0 Å². The van der Waals surface area contributed by atoms with Crippen LogP contribution in [0.1, 0.15) is 208 Å². The lowest BCUT2D eigenvalue weighted by atomic mass is 9.90. The van der Waals surface area contributed by atoms with Crippen molar-refractivity contribution in [3.05, 3.63) is 353 Å². The number of ether oxygens (including phenoxy) is 8. The van der Waals surface area contributed by atoms with Crippen molar-refractivity contribution in [2.24, 2.45) is 11.3 Å². The topological polar surface area (TPSA) is 423 Å². The molecule has 0 bridgehead atoms. The maximum absolute atomic E-state index is 12.6. The van der Waals surface area contributed by atoms with Crippen LogP contribution in [0.2, 0.25) is 0 Å². The van der Waals surface area contributed by atoms with Gasteiger partial charge in [-0.1, -0.05) is 142 Å². The number of aryl methyl sites for hydroxylation is 2. The number of carbonyl (C=O) groups excluding carboxylic acids is 7. The third kappa shape index (κ3) is 18.9. The van der Waals surface area contributed by atoms with Crippen LogP contribution in [0.15, 0.2) is 191 Å². The molecule has 15 aromatic rings. The van der Waals surface area contributed by atoms with E-state index < -0.39 is 41.8 Å². The lowest BCUT2D eigenvalue weighted by Gasteiger charge is -2.14. The fourth-order valence-corrected chi connectivity index (χ4v) is 21.2. The Morgan fingerprint density at radius 1 is 0.285 bits per heavy atom. The van der Waals surface area contributed by atoms with E-state index in [0.717, 1.165) is 211 Å². The number of para-hydroxylation sites is 7. The van der Waals surface area contributed by atoms with E-state index in [1.54, 1.807) is 60.3 Å². The van der Waals surface area contributed by atoms with Gasteiger partial charge >= 0.3 is 41.8 Å². The van der Waals surface area contributed by atoms with Crippen molar-refractivity contribution in [3.63, 3.8) is 0 Å². The van der Waals surface area contributed by atoms with Crippen LogP contribution in [0.4, 0.5) is 0 Å². The summed E-state index contributed by atoms with van der Waals surface area (Å²) >= 11 is 1.72. The number of nitrogens with one attached hydrogen (secondary N) is 7. The van der Waals surface area contributed by atoms with Crippen LogP contribution in [0.5, 0.6) is 0 Å². The summed E-state index contributed by atoms with van der Waals surface area (Å²) in [5.41, 5.74) is 20.6. The molecule has 29 nitrogen and oxygen atoms in total. The number of esters is 7. The molecule has 8 aromatic carbocycles. The Morgan fingerprint density at radius 3 is 0.964 bits per heavy atom. The molecule has 7 N–H and O–H groups in total. The van der Waals surface area contributed by atoms with E-state index in [4.69, 9.17) is 37.9 Å². The SMILES string of the molecule is COC(=O)c1cccc2c3c(c(=O)[nH]c12)CC(C)(C)C3.COC(=O)c1cccc2c3c(c(=O)[nH]c12)CCC3.COC(=O)c1cccc2c3c(c(=O)[nH]c12)CCCCC3.COC(=O)c1cccc2c3c(c(=O)[nH]c12)COC3.COC(=O)c1cccc2c3c(c(=O)[nH]c12)CSC3.COC(=O)c1cccc2c3c(c(=O)[nH]c12)C[C@H](C)C3.COC(=O)c1cccc2c3c(c(=O)[nH]c12)C[C@H](c1ccccc1)C3. The summed E-state index contributed by atoms with van der Waals surface area (Å²) in [5.74, 6) is -0.683. The Kier molecular flexibility index (Phi) is 28.1. The van der Waals surface area contributed by atoms with Crippen molar-refractivity contribution in [2.75, 3.05) is 49.8 Å². The first-order valence-corrected chi connectivity index (χ1v) is 46.2. The molecule has 2 aliphatic heterocycles. The van der Waals surface area contributed by atoms with Crippen LogP contribution in [-0.4, -0.2) is 126 Å². The average molecular weight is 1870 g/mol. The zero-order chi connectivity index (χ0) is 96.9. The van der Waals surface area contributed by atoms with Crippen molar-refractivity contribution in [1.29, 1.82) is 0 Å². The summed E-state index contributed by atoms with van der Waals surface area (Å²) in [7, 11) is 9.37. The highest BCUT2D eigenvalue weighted by Gasteiger charge is 2.35. The highest BCUT2D eigenvalue weighted by molar-refractivity contribution is 7.98. The Hall–Kier alpha value is -15.2. The molecule has 9 heterocycles. The van der Waals surface area contributed by atoms with Crippen molar-refractivity contribution < 1.29 is 71.5 Å². The molecule has 0 fully saturated rings. The smallest absolute Gasteiger partial charge is 0.339 e. The Labute approximate surface area is 786 Å². The molecule has 137 heavy (non-hydrogen) atoms. The van der Waals surface area contributed by atoms with Gasteiger partial charge in [-0.3, -0.25) is 33.6 Å². The standard InChI is InChI=1S/C20H17NO3.2C16H17NO3.C15H15NO3.C14H13NO3.C13H11NO4.C13H11NO3S/c1-24-20(23)15-9-5-8-14-16-10-13(12-6-3-2-4-7-12)11-17(16)19(22)21-18(14)15;1-16(2)7-11-9-5-4-6-10(15(19)20-3)13(9)17-14(18)12(11)8-16;1-20-16(19)13-9-5-8-11-10-6-3-2-4-7-12(10)15(18)17-14(11)13;1-8-6-11-9-4-3-5-10(15(18)19-2)13(9)16-14(17)12(11)7-8;1-18-14(17)11-7-3-5-9-8-4-2-6-10(8)13(16)15-12(9)11;2*1-17-13(16)8-4-2-3-7-9-5-18-6-10(9)12(15)14-11(7)8/h2-9,13H,10-11H2,1H3,(H,21,22);4-6H,7-8H2,1-3H3,(H,17,18);5,8-9H,2-4,6-7H2,1H3,(H,17,18);3-5,8H,6-7H2,1-2H3,(H,16,17);3,5,7H,2,4,6H2,1H3,(H,15,16);2*2-4H,5-6H2,1H3,(H,14,15)/t13-;;;8-;;;/m1..1.../s1. The second kappa shape index (κ2) is 40.6. The zero-order valence-electron chi connectivity index (χ0n) is 77.3. The molecule has 0 saturated heterocycles. The monoisotopic (exact) mass is 1870 g/mol. The maximum Gasteiger partial charge on any atom is 0.339 e. The van der Waals surface area contributed by atoms with Gasteiger partial charge in [0.1, 0.15) is 0 Å². The zero-order valence-corrected chi connectivity index (χ0v) is 78.1. The van der Waals surface area contributed by atoms with E-state index in [2.05, 4.69) is 67.8 Å². The fourth-order valence-electron chi connectivity index (χ4n) is 20.0. The largest absolute Gasteiger partial charge is 0.465 e. The van der Waals surface area contributed by atoms with Gasteiger partial charge in [0.25, 0.3) is 38.9 Å². The number of rotatable bonds is 8. The van der Waals surface area contributed by atoms with Gasteiger partial charge < -0.3 is 72.8 Å². The molecule has 0 radical (unpaired) electrons. The normalized spacial score (nSPS) is 15.1. The minimum absolute atomic E-state index is 0.0641. The molecular weight excluding hydrogens is 1770 g/mol. The predicted molar refractivity (Wildman–Crippen MR) is 522 cm³/mol. The Bertz CT molecular complexity index is 7620. The van der Waals surface area contributed by atoms with Crippen LogP contribution >= 0.6 is 11.8 Å². The quantitative estimate of drug-likeness (QED) is 0.0422. The van der Waals surface area contributed by atoms with Crippen molar-refractivity contribution in [2.45, 2.75) is 141 Å². The van der Waals surface area contributed by atoms with Crippen molar-refractivity contribution >= 4 is 130 Å². The highest BCUT2D eigenvalue weighted by atomic mass is 32.2. The lowest BCUT2D eigenvalue weighted by molar-refractivity contribution is 0.0593. The van der Waals surface area contributed by atoms with Crippen molar-refractivity contribution in [1.82, 2.24) is 34.9 Å². The number of hydrogen-bond acceptors (Lipinski definition) is 23. The second-order valence-corrected chi connectivity index (χ2v) is 36.3. The number of aromatic nitrogens is 7. The summed E-state index contributed by atoms with van der Waals surface area (Å²) in [4.78, 5) is 187. The molecule has 0 spiro atoms. The van der Waals surface area contributed by atoms with Crippen LogP contribution < -0.4 is 38.9 Å². The van der Waals surface area contributed by atoms with Gasteiger partial charge in [-0.25, -0.2) is 33.6 Å². The molecule has 5 aliphatic carbocycles. The number of thioether (sulfide) groups is 1. The second-order valence-electron chi connectivity index (χ2n) is 35.4. The van der Waals surface area contributed by atoms with E-state index in [-0.39, 0.29) is 44.3 Å². The summed E-state index contributed by atoms with van der Waals surface area (Å²) in [6.07, 6.45) is 12.6. The number of aromatic amines is 7.